The lowest BCUT2D eigenvalue weighted by molar-refractivity contribution is -0.225. The van der Waals surface area contributed by atoms with E-state index < -0.39 is 5.60 Å². The van der Waals surface area contributed by atoms with Gasteiger partial charge in [-0.2, -0.15) is 0 Å². The first-order valence-electron chi connectivity index (χ1n) is 13.7. The maximum Gasteiger partial charge on any atom is 0.0653 e. The van der Waals surface area contributed by atoms with E-state index in [-0.39, 0.29) is 11.5 Å². The fourth-order valence-electron chi connectivity index (χ4n) is 10.3. The minimum atomic E-state index is -0.560. The van der Waals surface area contributed by atoms with E-state index in [0.717, 1.165) is 25.2 Å². The topological polar surface area (TPSA) is 40.5 Å². The molecule has 0 aromatic rings. The summed E-state index contributed by atoms with van der Waals surface area (Å²) in [6, 6.07) is 0. The van der Waals surface area contributed by atoms with Crippen molar-refractivity contribution in [1.82, 2.24) is 0 Å². The van der Waals surface area contributed by atoms with Crippen LogP contribution in [0.4, 0.5) is 0 Å². The van der Waals surface area contributed by atoms with Crippen LogP contribution in [0.5, 0.6) is 0 Å². The predicted molar refractivity (Wildman–Crippen MR) is 134 cm³/mol. The third-order valence-electron chi connectivity index (χ3n) is 12.4. The maximum absolute atomic E-state index is 11.6. The zero-order chi connectivity index (χ0) is 23.7. The van der Waals surface area contributed by atoms with Crippen molar-refractivity contribution in [2.45, 2.75) is 131 Å². The summed E-state index contributed by atoms with van der Waals surface area (Å²) in [4.78, 5) is 0. The van der Waals surface area contributed by atoms with Gasteiger partial charge < -0.3 is 10.2 Å². The van der Waals surface area contributed by atoms with Crippen LogP contribution in [0.2, 0.25) is 0 Å². The molecule has 0 aromatic carbocycles. The molecule has 2 heteroatoms. The molecule has 0 amide bonds. The summed E-state index contributed by atoms with van der Waals surface area (Å²) >= 11 is 0. The van der Waals surface area contributed by atoms with Crippen LogP contribution in [0.3, 0.4) is 0 Å². The molecule has 0 bridgehead atoms. The van der Waals surface area contributed by atoms with Gasteiger partial charge in [0.05, 0.1) is 11.7 Å². The van der Waals surface area contributed by atoms with Gasteiger partial charge in [-0.3, -0.25) is 0 Å². The number of rotatable bonds is 4. The first kappa shape index (κ1) is 24.8. The highest BCUT2D eigenvalue weighted by Crippen LogP contribution is 2.75. The van der Waals surface area contributed by atoms with Crippen LogP contribution in [0.25, 0.3) is 0 Å². The zero-order valence-electron chi connectivity index (χ0n) is 22.4. The molecule has 0 aromatic heterocycles. The quantitative estimate of drug-likeness (QED) is 0.440. The van der Waals surface area contributed by atoms with E-state index in [2.05, 4.69) is 61.5 Å². The SMILES string of the molecule is CC(C)=CCC[C@](C)(O)[C@@H]1CC[C@@]2(C)[C@H]1CC[C@H]1[C@]3(C)CC[C@H](O)C(C)(C)[C@@H]3CC[C@@]12C. The van der Waals surface area contributed by atoms with Crippen LogP contribution in [-0.4, -0.2) is 21.9 Å². The average molecular weight is 445 g/mol. The van der Waals surface area contributed by atoms with Gasteiger partial charge in [-0.05, 0) is 130 Å². The average Bonchev–Trinajstić information content (AvgIpc) is 3.04. The van der Waals surface area contributed by atoms with Crippen LogP contribution in [-0.2, 0) is 0 Å². The molecular formula is C30H52O2. The van der Waals surface area contributed by atoms with Crippen molar-refractivity contribution >= 4 is 0 Å². The van der Waals surface area contributed by atoms with E-state index in [1.54, 1.807) is 0 Å². The molecule has 0 aliphatic heterocycles. The van der Waals surface area contributed by atoms with Crippen LogP contribution < -0.4 is 0 Å². The molecule has 0 radical (unpaired) electrons. The second-order valence-electron chi connectivity index (χ2n) is 14.4. The predicted octanol–water partition coefficient (Wildman–Crippen LogP) is 7.53. The van der Waals surface area contributed by atoms with Crippen molar-refractivity contribution in [1.29, 1.82) is 0 Å². The van der Waals surface area contributed by atoms with Crippen molar-refractivity contribution in [3.63, 3.8) is 0 Å². The third-order valence-corrected chi connectivity index (χ3v) is 12.4. The van der Waals surface area contributed by atoms with Gasteiger partial charge in [0.15, 0.2) is 0 Å². The van der Waals surface area contributed by atoms with Gasteiger partial charge in [0.2, 0.25) is 0 Å². The van der Waals surface area contributed by atoms with Gasteiger partial charge in [0, 0.05) is 0 Å². The van der Waals surface area contributed by atoms with E-state index in [9.17, 15) is 10.2 Å². The first-order chi connectivity index (χ1) is 14.7. The minimum absolute atomic E-state index is 0.0267. The molecule has 9 atom stereocenters. The Morgan fingerprint density at radius 1 is 0.875 bits per heavy atom. The van der Waals surface area contributed by atoms with Crippen LogP contribution in [0, 0.1) is 45.3 Å². The summed E-state index contributed by atoms with van der Waals surface area (Å²) in [6.07, 6.45) is 13.8. The zero-order valence-corrected chi connectivity index (χ0v) is 22.4. The van der Waals surface area contributed by atoms with Gasteiger partial charge in [-0.15, -0.1) is 0 Å². The molecule has 0 saturated heterocycles. The molecule has 32 heavy (non-hydrogen) atoms. The number of hydrogen-bond acceptors (Lipinski definition) is 2. The summed E-state index contributed by atoms with van der Waals surface area (Å²) in [7, 11) is 0. The lowest BCUT2D eigenvalue weighted by Gasteiger charge is -2.70. The second-order valence-corrected chi connectivity index (χ2v) is 14.4. The Balaban J connectivity index is 1.61. The van der Waals surface area contributed by atoms with Crippen molar-refractivity contribution in [2.24, 2.45) is 45.3 Å². The third kappa shape index (κ3) is 3.40. The highest BCUT2D eigenvalue weighted by atomic mass is 16.3. The number of fused-ring (bicyclic) bond motifs is 5. The lowest BCUT2D eigenvalue weighted by Crippen LogP contribution is -2.64. The van der Waals surface area contributed by atoms with E-state index in [1.807, 2.05) is 0 Å². The maximum atomic E-state index is 11.6. The molecule has 4 saturated carbocycles. The summed E-state index contributed by atoms with van der Waals surface area (Å²) < 4.78 is 0. The van der Waals surface area contributed by atoms with Crippen molar-refractivity contribution in [3.05, 3.63) is 11.6 Å². The summed E-state index contributed by atoms with van der Waals surface area (Å²) in [5.41, 5.74) is 1.84. The van der Waals surface area contributed by atoms with Gasteiger partial charge >= 0.3 is 0 Å². The summed E-state index contributed by atoms with van der Waals surface area (Å²) in [6.45, 7) is 19.0. The van der Waals surface area contributed by atoms with Crippen molar-refractivity contribution < 1.29 is 10.2 Å². The molecule has 4 fully saturated rings. The van der Waals surface area contributed by atoms with Gasteiger partial charge in [-0.1, -0.05) is 46.3 Å². The van der Waals surface area contributed by atoms with Crippen LogP contribution in [0.1, 0.15) is 120 Å². The Morgan fingerprint density at radius 2 is 1.53 bits per heavy atom. The molecule has 4 aliphatic rings. The van der Waals surface area contributed by atoms with Gasteiger partial charge in [0.1, 0.15) is 0 Å². The van der Waals surface area contributed by atoms with E-state index >= 15 is 0 Å². The van der Waals surface area contributed by atoms with Crippen molar-refractivity contribution in [3.8, 4) is 0 Å². The Hall–Kier alpha value is -0.340. The number of aliphatic hydroxyl groups excluding tert-OH is 1. The molecule has 184 valence electrons. The molecule has 4 rings (SSSR count). The molecule has 4 aliphatic carbocycles. The normalized spacial score (nSPS) is 49.4. The Kier molecular flexibility index (Phi) is 6.07. The summed E-state index contributed by atoms with van der Waals surface area (Å²) in [5, 5.41) is 22.5. The number of hydrogen-bond donors (Lipinski definition) is 2. The molecule has 2 N–H and O–H groups in total. The summed E-state index contributed by atoms with van der Waals surface area (Å²) in [5.74, 6) is 2.45. The molecular weight excluding hydrogens is 392 g/mol. The number of aliphatic hydroxyl groups is 2. The Bertz CT molecular complexity index is 746. The van der Waals surface area contributed by atoms with Crippen molar-refractivity contribution in [2.75, 3.05) is 0 Å². The smallest absolute Gasteiger partial charge is 0.0653 e. The largest absolute Gasteiger partial charge is 0.393 e. The first-order valence-corrected chi connectivity index (χ1v) is 13.7. The number of allylic oxidation sites excluding steroid dienone is 2. The van der Waals surface area contributed by atoms with Gasteiger partial charge in [0.25, 0.3) is 0 Å². The highest BCUT2D eigenvalue weighted by molar-refractivity contribution is 5.18. The fraction of sp³-hybridized carbons (Fsp3) is 0.933. The lowest BCUT2D eigenvalue weighted by atomic mass is 9.35. The molecule has 2 nitrogen and oxygen atoms in total. The Labute approximate surface area is 198 Å². The molecule has 0 unspecified atom stereocenters. The second kappa shape index (κ2) is 7.84. The van der Waals surface area contributed by atoms with Gasteiger partial charge in [-0.25, -0.2) is 0 Å². The standard InChI is InChI=1S/C30H52O2/c1-20(2)10-9-16-30(8,32)22-13-18-28(6)21(22)11-12-24-27(5)17-15-25(31)26(3,4)23(27)14-19-29(24,28)7/h10,21-25,31-32H,9,11-19H2,1-8H3/t21-,22+,23-,24-,25-,27+,28-,29-,30-/m0/s1. The van der Waals surface area contributed by atoms with E-state index in [0.29, 0.717) is 34.0 Å². The minimum Gasteiger partial charge on any atom is -0.393 e. The van der Waals surface area contributed by atoms with Crippen LogP contribution >= 0.6 is 0 Å². The van der Waals surface area contributed by atoms with Crippen LogP contribution in [0.15, 0.2) is 11.6 Å². The fourth-order valence-corrected chi connectivity index (χ4v) is 10.3. The van der Waals surface area contributed by atoms with E-state index in [4.69, 9.17) is 0 Å². The Morgan fingerprint density at radius 3 is 2.19 bits per heavy atom. The van der Waals surface area contributed by atoms with E-state index in [1.165, 1.54) is 50.5 Å². The molecule has 0 heterocycles. The monoisotopic (exact) mass is 444 g/mol. The highest BCUT2D eigenvalue weighted by Gasteiger charge is 2.69. The molecule has 0 spiro atoms.